The molecule has 1 aliphatic rings. The average Bonchev–Trinajstić information content (AvgIpc) is 3.21. The maximum Gasteiger partial charge on any atom is 0.222 e. The number of aryl methyl sites for hydroxylation is 2. The van der Waals surface area contributed by atoms with E-state index in [0.29, 0.717) is 18.5 Å². The Bertz CT molecular complexity index is 667. The number of aromatic nitrogens is 2. The van der Waals surface area contributed by atoms with Crippen molar-refractivity contribution in [3.05, 3.63) is 39.7 Å². The predicted octanol–water partition coefficient (Wildman–Crippen LogP) is 3.67. The highest BCUT2D eigenvalue weighted by molar-refractivity contribution is 9.10. The van der Waals surface area contributed by atoms with Gasteiger partial charge in [0.2, 0.25) is 5.88 Å². The highest BCUT2D eigenvalue weighted by Gasteiger charge is 2.23. The zero-order valence-electron chi connectivity index (χ0n) is 12.0. The first-order valence-corrected chi connectivity index (χ1v) is 7.72. The van der Waals surface area contributed by atoms with Crippen molar-refractivity contribution in [1.82, 2.24) is 15.1 Å². The van der Waals surface area contributed by atoms with E-state index in [4.69, 9.17) is 4.74 Å². The first-order chi connectivity index (χ1) is 10.0. The molecule has 0 amide bonds. The van der Waals surface area contributed by atoms with Gasteiger partial charge in [0, 0.05) is 24.1 Å². The van der Waals surface area contributed by atoms with Crippen LogP contribution in [0.1, 0.15) is 24.1 Å². The molecule has 112 valence electrons. The molecule has 1 aliphatic carbocycles. The summed E-state index contributed by atoms with van der Waals surface area (Å²) < 4.78 is 22.1. The second-order valence-corrected chi connectivity index (χ2v) is 6.24. The lowest BCUT2D eigenvalue weighted by molar-refractivity contribution is 0.398. The summed E-state index contributed by atoms with van der Waals surface area (Å²) in [5.41, 5.74) is 1.87. The zero-order chi connectivity index (χ0) is 15.0. The first-order valence-electron chi connectivity index (χ1n) is 6.93. The van der Waals surface area contributed by atoms with Gasteiger partial charge in [-0.05, 0) is 38.0 Å². The lowest BCUT2D eigenvalue weighted by Crippen LogP contribution is -2.16. The predicted molar refractivity (Wildman–Crippen MR) is 82.0 cm³/mol. The van der Waals surface area contributed by atoms with Gasteiger partial charge in [-0.3, -0.25) is 0 Å². The third-order valence-electron chi connectivity index (χ3n) is 3.53. The van der Waals surface area contributed by atoms with Gasteiger partial charge in [0.1, 0.15) is 0 Å². The molecule has 4 nitrogen and oxygen atoms in total. The van der Waals surface area contributed by atoms with Gasteiger partial charge in [-0.2, -0.15) is 5.10 Å². The van der Waals surface area contributed by atoms with Crippen LogP contribution in [0, 0.1) is 12.7 Å². The minimum absolute atomic E-state index is 0.194. The van der Waals surface area contributed by atoms with E-state index < -0.39 is 5.82 Å². The number of halogens is 2. The van der Waals surface area contributed by atoms with Gasteiger partial charge in [-0.1, -0.05) is 15.9 Å². The molecule has 0 aliphatic heterocycles. The molecular formula is C15H17BrFN3O. The second kappa shape index (κ2) is 5.77. The van der Waals surface area contributed by atoms with Crippen LogP contribution >= 0.6 is 15.9 Å². The van der Waals surface area contributed by atoms with Crippen molar-refractivity contribution in [1.29, 1.82) is 0 Å². The maximum atomic E-state index is 13.9. The summed E-state index contributed by atoms with van der Waals surface area (Å²) in [4.78, 5) is 0. The Morgan fingerprint density at radius 2 is 2.24 bits per heavy atom. The fraction of sp³-hybridized carbons (Fsp3) is 0.400. The zero-order valence-corrected chi connectivity index (χ0v) is 13.6. The second-order valence-electron chi connectivity index (χ2n) is 5.32. The van der Waals surface area contributed by atoms with Crippen LogP contribution in [0.5, 0.6) is 11.6 Å². The quantitative estimate of drug-likeness (QED) is 0.891. The first kappa shape index (κ1) is 14.5. The SMILES string of the molecule is Cc1nn(C)c(Oc2cc(Br)ccc2F)c1CNC1CC1. The molecule has 2 aromatic rings. The van der Waals surface area contributed by atoms with Crippen LogP contribution in [0.2, 0.25) is 0 Å². The third kappa shape index (κ3) is 3.27. The van der Waals surface area contributed by atoms with Crippen molar-refractivity contribution >= 4 is 15.9 Å². The summed E-state index contributed by atoms with van der Waals surface area (Å²) in [6.07, 6.45) is 2.44. The van der Waals surface area contributed by atoms with E-state index in [9.17, 15) is 4.39 Å². The molecule has 0 unspecified atom stereocenters. The number of hydrogen-bond acceptors (Lipinski definition) is 3. The largest absolute Gasteiger partial charge is 0.436 e. The Labute approximate surface area is 131 Å². The lowest BCUT2D eigenvalue weighted by atomic mass is 10.2. The fourth-order valence-corrected chi connectivity index (χ4v) is 2.55. The van der Waals surface area contributed by atoms with E-state index >= 15 is 0 Å². The van der Waals surface area contributed by atoms with Crippen LogP contribution < -0.4 is 10.1 Å². The molecule has 0 spiro atoms. The smallest absolute Gasteiger partial charge is 0.222 e. The topological polar surface area (TPSA) is 39.1 Å². The maximum absolute atomic E-state index is 13.9. The van der Waals surface area contributed by atoms with E-state index in [2.05, 4.69) is 26.3 Å². The van der Waals surface area contributed by atoms with Gasteiger partial charge in [0.15, 0.2) is 11.6 Å². The molecule has 0 bridgehead atoms. The number of benzene rings is 1. The Morgan fingerprint density at radius 1 is 1.48 bits per heavy atom. The molecule has 0 radical (unpaired) electrons. The molecule has 1 aromatic carbocycles. The summed E-state index contributed by atoms with van der Waals surface area (Å²) >= 11 is 3.33. The number of ether oxygens (including phenoxy) is 1. The minimum Gasteiger partial charge on any atom is -0.436 e. The number of rotatable bonds is 5. The Morgan fingerprint density at radius 3 is 2.95 bits per heavy atom. The van der Waals surface area contributed by atoms with Crippen LogP contribution in [-0.2, 0) is 13.6 Å². The van der Waals surface area contributed by atoms with E-state index in [1.165, 1.54) is 18.9 Å². The molecule has 0 saturated heterocycles. The van der Waals surface area contributed by atoms with Gasteiger partial charge < -0.3 is 10.1 Å². The van der Waals surface area contributed by atoms with Crippen molar-refractivity contribution < 1.29 is 9.13 Å². The molecule has 1 N–H and O–H groups in total. The van der Waals surface area contributed by atoms with Crippen LogP contribution in [0.15, 0.2) is 22.7 Å². The summed E-state index contributed by atoms with van der Waals surface area (Å²) in [7, 11) is 1.80. The van der Waals surface area contributed by atoms with E-state index in [0.717, 1.165) is 15.7 Å². The summed E-state index contributed by atoms with van der Waals surface area (Å²) in [5.74, 6) is 0.385. The van der Waals surface area contributed by atoms with Gasteiger partial charge in [-0.25, -0.2) is 9.07 Å². The van der Waals surface area contributed by atoms with E-state index in [1.807, 2.05) is 6.92 Å². The molecular weight excluding hydrogens is 337 g/mol. The molecule has 0 atom stereocenters. The van der Waals surface area contributed by atoms with Crippen LogP contribution in [0.3, 0.4) is 0 Å². The third-order valence-corrected chi connectivity index (χ3v) is 4.03. The minimum atomic E-state index is -0.391. The normalized spacial score (nSPS) is 14.5. The van der Waals surface area contributed by atoms with Crippen molar-refractivity contribution in [3.8, 4) is 11.6 Å². The van der Waals surface area contributed by atoms with Gasteiger partial charge >= 0.3 is 0 Å². The Balaban J connectivity index is 1.87. The van der Waals surface area contributed by atoms with Crippen molar-refractivity contribution in [3.63, 3.8) is 0 Å². The summed E-state index contributed by atoms with van der Waals surface area (Å²) in [6.45, 7) is 2.63. The standard InChI is InChI=1S/C15H17BrFN3O/c1-9-12(8-18-11-4-5-11)15(20(2)19-9)21-14-7-10(16)3-6-13(14)17/h3,6-7,11,18H,4-5,8H2,1-2H3. The molecule has 1 fully saturated rings. The van der Waals surface area contributed by atoms with Crippen molar-refractivity contribution in [2.75, 3.05) is 0 Å². The van der Waals surface area contributed by atoms with Gasteiger partial charge in [-0.15, -0.1) is 0 Å². The van der Waals surface area contributed by atoms with Gasteiger partial charge in [0.05, 0.1) is 11.3 Å². The highest BCUT2D eigenvalue weighted by Crippen LogP contribution is 2.31. The lowest BCUT2D eigenvalue weighted by Gasteiger charge is -2.10. The monoisotopic (exact) mass is 353 g/mol. The highest BCUT2D eigenvalue weighted by atomic mass is 79.9. The molecule has 1 heterocycles. The molecule has 6 heteroatoms. The average molecular weight is 354 g/mol. The summed E-state index contributed by atoms with van der Waals surface area (Å²) in [6, 6.07) is 5.24. The molecule has 1 aromatic heterocycles. The van der Waals surface area contributed by atoms with Crippen LogP contribution in [0.4, 0.5) is 4.39 Å². The van der Waals surface area contributed by atoms with Gasteiger partial charge in [0.25, 0.3) is 0 Å². The van der Waals surface area contributed by atoms with E-state index in [-0.39, 0.29) is 5.75 Å². The van der Waals surface area contributed by atoms with Crippen LogP contribution in [-0.4, -0.2) is 15.8 Å². The molecule has 1 saturated carbocycles. The van der Waals surface area contributed by atoms with Crippen molar-refractivity contribution in [2.45, 2.75) is 32.4 Å². The number of nitrogens with zero attached hydrogens (tertiary/aromatic N) is 2. The summed E-state index contributed by atoms with van der Waals surface area (Å²) in [5, 5.41) is 7.82. The Kier molecular flexibility index (Phi) is 3.99. The Hall–Kier alpha value is -1.40. The molecule has 3 rings (SSSR count). The van der Waals surface area contributed by atoms with E-state index in [1.54, 1.807) is 23.9 Å². The molecule has 21 heavy (non-hydrogen) atoms. The number of nitrogens with one attached hydrogen (secondary N) is 1. The van der Waals surface area contributed by atoms with Crippen molar-refractivity contribution in [2.24, 2.45) is 7.05 Å². The van der Waals surface area contributed by atoms with Crippen LogP contribution in [0.25, 0.3) is 0 Å². The fourth-order valence-electron chi connectivity index (χ4n) is 2.21. The number of hydrogen-bond donors (Lipinski definition) is 1.